The molecule has 0 amide bonds. The summed E-state index contributed by atoms with van der Waals surface area (Å²) in [5.41, 5.74) is 1.07. The minimum atomic E-state index is -0.182. The first-order valence-electron chi connectivity index (χ1n) is 3.43. The van der Waals surface area contributed by atoms with Crippen LogP contribution in [0.1, 0.15) is 13.8 Å². The van der Waals surface area contributed by atoms with Crippen molar-refractivity contribution in [1.82, 2.24) is 0 Å². The second-order valence-corrected chi connectivity index (χ2v) is 2.80. The van der Waals surface area contributed by atoms with E-state index in [1.165, 1.54) is 5.57 Å². The van der Waals surface area contributed by atoms with E-state index < -0.39 is 0 Å². The van der Waals surface area contributed by atoms with Gasteiger partial charge in [-0.05, 0) is 19.9 Å². The summed E-state index contributed by atoms with van der Waals surface area (Å²) in [6.07, 6.45) is 8.24. The lowest BCUT2D eigenvalue weighted by Crippen LogP contribution is -2.23. The minimum Gasteiger partial charge on any atom is -0.370 e. The SMILES string of the molecule is COC1(C)C=C[CH]C(C)=C1. The Bertz CT molecular complexity index is 179. The highest BCUT2D eigenvalue weighted by Gasteiger charge is 2.18. The van der Waals surface area contributed by atoms with Gasteiger partial charge in [0.2, 0.25) is 0 Å². The molecular weight excluding hydrogens is 124 g/mol. The summed E-state index contributed by atoms with van der Waals surface area (Å²) in [6.45, 7) is 4.11. The molecule has 0 saturated heterocycles. The zero-order valence-corrected chi connectivity index (χ0v) is 6.72. The Morgan fingerprint density at radius 1 is 1.50 bits per heavy atom. The van der Waals surface area contributed by atoms with Crippen molar-refractivity contribution in [3.63, 3.8) is 0 Å². The third-order valence-electron chi connectivity index (χ3n) is 1.74. The summed E-state index contributed by atoms with van der Waals surface area (Å²) < 4.78 is 5.27. The van der Waals surface area contributed by atoms with Crippen LogP contribution in [0.3, 0.4) is 0 Å². The summed E-state index contributed by atoms with van der Waals surface area (Å²) in [7, 11) is 1.72. The first-order chi connectivity index (χ1) is 4.66. The number of ether oxygens (including phenoxy) is 1. The van der Waals surface area contributed by atoms with Crippen LogP contribution in [-0.2, 0) is 4.74 Å². The first kappa shape index (κ1) is 7.55. The standard InChI is InChI=1S/C9H13O/c1-8-5-4-6-9(2,7-8)10-3/h4-7H,1-3H3. The molecule has 0 aliphatic heterocycles. The zero-order valence-electron chi connectivity index (χ0n) is 6.72. The molecule has 1 heteroatoms. The lowest BCUT2D eigenvalue weighted by atomic mass is 9.95. The number of methoxy groups -OCH3 is 1. The molecule has 1 aliphatic carbocycles. The fourth-order valence-corrected chi connectivity index (χ4v) is 1.07. The zero-order chi connectivity index (χ0) is 7.61. The predicted molar refractivity (Wildman–Crippen MR) is 42.6 cm³/mol. The van der Waals surface area contributed by atoms with Gasteiger partial charge in [0.15, 0.2) is 0 Å². The van der Waals surface area contributed by atoms with Crippen LogP contribution in [0, 0.1) is 6.42 Å². The Morgan fingerprint density at radius 3 is 2.60 bits per heavy atom. The molecule has 55 valence electrons. The van der Waals surface area contributed by atoms with E-state index in [4.69, 9.17) is 4.74 Å². The van der Waals surface area contributed by atoms with E-state index in [0.717, 1.165) is 0 Å². The van der Waals surface area contributed by atoms with E-state index in [-0.39, 0.29) is 5.60 Å². The highest BCUT2D eigenvalue weighted by molar-refractivity contribution is 5.32. The van der Waals surface area contributed by atoms with Crippen molar-refractivity contribution in [1.29, 1.82) is 0 Å². The number of hydrogen-bond acceptors (Lipinski definition) is 1. The van der Waals surface area contributed by atoms with Crippen molar-refractivity contribution in [3.8, 4) is 0 Å². The van der Waals surface area contributed by atoms with Crippen LogP contribution >= 0.6 is 0 Å². The topological polar surface area (TPSA) is 9.23 Å². The van der Waals surface area contributed by atoms with Crippen LogP contribution in [0.5, 0.6) is 0 Å². The second kappa shape index (κ2) is 2.59. The maximum atomic E-state index is 5.27. The normalized spacial score (nSPS) is 32.1. The van der Waals surface area contributed by atoms with Crippen molar-refractivity contribution in [3.05, 3.63) is 30.2 Å². The third-order valence-corrected chi connectivity index (χ3v) is 1.74. The van der Waals surface area contributed by atoms with E-state index in [2.05, 4.69) is 19.4 Å². The van der Waals surface area contributed by atoms with Crippen LogP contribution in [0.15, 0.2) is 23.8 Å². The van der Waals surface area contributed by atoms with Gasteiger partial charge in [0.1, 0.15) is 5.60 Å². The average Bonchev–Trinajstić information content (AvgIpc) is 1.88. The molecular formula is C9H13O. The first-order valence-corrected chi connectivity index (χ1v) is 3.43. The molecule has 1 nitrogen and oxygen atoms in total. The van der Waals surface area contributed by atoms with Crippen molar-refractivity contribution in [2.45, 2.75) is 19.4 Å². The number of hydrogen-bond donors (Lipinski definition) is 0. The van der Waals surface area contributed by atoms with Crippen LogP contribution in [0.25, 0.3) is 0 Å². The van der Waals surface area contributed by atoms with Crippen molar-refractivity contribution in [2.75, 3.05) is 7.11 Å². The Morgan fingerprint density at radius 2 is 2.20 bits per heavy atom. The highest BCUT2D eigenvalue weighted by Crippen LogP contribution is 2.21. The van der Waals surface area contributed by atoms with Crippen molar-refractivity contribution >= 4 is 0 Å². The molecule has 1 aliphatic rings. The molecule has 0 N–H and O–H groups in total. The molecule has 0 aromatic rings. The predicted octanol–water partition coefficient (Wildman–Crippen LogP) is 2.11. The monoisotopic (exact) mass is 137 g/mol. The van der Waals surface area contributed by atoms with E-state index >= 15 is 0 Å². The van der Waals surface area contributed by atoms with Gasteiger partial charge in [0.05, 0.1) is 0 Å². The molecule has 0 spiro atoms. The molecule has 0 saturated carbocycles. The smallest absolute Gasteiger partial charge is 0.101 e. The summed E-state index contributed by atoms with van der Waals surface area (Å²) in [4.78, 5) is 0. The van der Waals surface area contributed by atoms with Gasteiger partial charge in [0, 0.05) is 13.5 Å². The van der Waals surface area contributed by atoms with Crippen LogP contribution in [0.4, 0.5) is 0 Å². The largest absolute Gasteiger partial charge is 0.370 e. The molecule has 1 rings (SSSR count). The molecule has 1 radical (unpaired) electrons. The van der Waals surface area contributed by atoms with Gasteiger partial charge in [-0.1, -0.05) is 17.7 Å². The summed E-state index contributed by atoms with van der Waals surface area (Å²) >= 11 is 0. The van der Waals surface area contributed by atoms with Gasteiger partial charge in [-0.25, -0.2) is 0 Å². The number of rotatable bonds is 1. The fourth-order valence-electron chi connectivity index (χ4n) is 1.07. The highest BCUT2D eigenvalue weighted by atomic mass is 16.5. The quantitative estimate of drug-likeness (QED) is 0.538. The van der Waals surface area contributed by atoms with Crippen LogP contribution in [-0.4, -0.2) is 12.7 Å². The Hall–Kier alpha value is -0.560. The fraction of sp³-hybridized carbons (Fsp3) is 0.444. The molecule has 0 aromatic carbocycles. The maximum absolute atomic E-state index is 5.27. The van der Waals surface area contributed by atoms with Gasteiger partial charge in [-0.2, -0.15) is 0 Å². The van der Waals surface area contributed by atoms with Crippen molar-refractivity contribution < 1.29 is 4.74 Å². The number of allylic oxidation sites excluding steroid dienone is 2. The Labute approximate surface area is 62.4 Å². The van der Waals surface area contributed by atoms with Gasteiger partial charge in [-0.15, -0.1) is 0 Å². The summed E-state index contributed by atoms with van der Waals surface area (Å²) in [5, 5.41) is 0. The van der Waals surface area contributed by atoms with E-state index in [1.54, 1.807) is 7.11 Å². The van der Waals surface area contributed by atoms with E-state index in [1.807, 2.05) is 19.1 Å². The molecule has 0 heterocycles. The lowest BCUT2D eigenvalue weighted by Gasteiger charge is -2.23. The van der Waals surface area contributed by atoms with Gasteiger partial charge < -0.3 is 4.74 Å². The van der Waals surface area contributed by atoms with E-state index in [9.17, 15) is 0 Å². The molecule has 0 aromatic heterocycles. The van der Waals surface area contributed by atoms with Crippen LogP contribution < -0.4 is 0 Å². The molecule has 1 unspecified atom stereocenters. The van der Waals surface area contributed by atoms with Gasteiger partial charge in [-0.3, -0.25) is 0 Å². The third kappa shape index (κ3) is 1.48. The van der Waals surface area contributed by atoms with Gasteiger partial charge in [0.25, 0.3) is 0 Å². The molecule has 0 fully saturated rings. The Balaban J connectivity index is 2.78. The average molecular weight is 137 g/mol. The summed E-state index contributed by atoms with van der Waals surface area (Å²) in [5.74, 6) is 0. The Kier molecular flexibility index (Phi) is 1.95. The maximum Gasteiger partial charge on any atom is 0.101 e. The minimum absolute atomic E-state index is 0.182. The molecule has 0 bridgehead atoms. The van der Waals surface area contributed by atoms with Gasteiger partial charge >= 0.3 is 0 Å². The van der Waals surface area contributed by atoms with Crippen molar-refractivity contribution in [2.24, 2.45) is 0 Å². The molecule has 1 atom stereocenters. The second-order valence-electron chi connectivity index (χ2n) is 2.80. The van der Waals surface area contributed by atoms with E-state index in [0.29, 0.717) is 0 Å². The lowest BCUT2D eigenvalue weighted by molar-refractivity contribution is 0.0893. The molecule has 10 heavy (non-hydrogen) atoms. The van der Waals surface area contributed by atoms with Crippen LogP contribution in [0.2, 0.25) is 0 Å². The summed E-state index contributed by atoms with van der Waals surface area (Å²) in [6, 6.07) is 0.